The first-order valence-electron chi connectivity index (χ1n) is 8.96. The molecule has 24 heavy (non-hydrogen) atoms. The average molecular weight is 345 g/mol. The van der Waals surface area contributed by atoms with Crippen molar-refractivity contribution in [2.75, 3.05) is 19.6 Å². The van der Waals surface area contributed by atoms with Crippen LogP contribution in [0.25, 0.3) is 5.69 Å². The zero-order valence-electron chi connectivity index (χ0n) is 14.2. The lowest BCUT2D eigenvalue weighted by Gasteiger charge is -2.49. The maximum absolute atomic E-state index is 5.95. The van der Waals surface area contributed by atoms with Crippen molar-refractivity contribution in [3.05, 3.63) is 47.2 Å². The van der Waals surface area contributed by atoms with Gasteiger partial charge < -0.3 is 0 Å². The van der Waals surface area contributed by atoms with Crippen molar-refractivity contribution in [3.63, 3.8) is 0 Å². The molecule has 0 saturated carbocycles. The van der Waals surface area contributed by atoms with Gasteiger partial charge in [-0.15, -0.1) is 0 Å². The maximum atomic E-state index is 5.95. The first-order chi connectivity index (χ1) is 11.7. The molecule has 3 heterocycles. The Labute approximate surface area is 149 Å². The molecule has 2 aromatic rings. The molecule has 2 aliphatic rings. The Morgan fingerprint density at radius 1 is 1.17 bits per heavy atom. The Balaban J connectivity index is 1.32. The molecule has 0 amide bonds. The quantitative estimate of drug-likeness (QED) is 0.847. The summed E-state index contributed by atoms with van der Waals surface area (Å²) in [6.45, 7) is 7.05. The smallest absolute Gasteiger partial charge is 0.0646 e. The molecule has 0 radical (unpaired) electrons. The van der Waals surface area contributed by atoms with Crippen molar-refractivity contribution >= 4 is 11.6 Å². The van der Waals surface area contributed by atoms with Gasteiger partial charge in [-0.3, -0.25) is 9.80 Å². The van der Waals surface area contributed by atoms with E-state index in [-0.39, 0.29) is 0 Å². The first kappa shape index (κ1) is 16.1. The minimum atomic E-state index is 0.754. The third-order valence-corrected chi connectivity index (χ3v) is 5.65. The summed E-state index contributed by atoms with van der Waals surface area (Å²) >= 11 is 5.95. The molecule has 2 fully saturated rings. The van der Waals surface area contributed by atoms with Crippen LogP contribution in [0.3, 0.4) is 0 Å². The fourth-order valence-electron chi connectivity index (χ4n) is 3.98. The van der Waals surface area contributed by atoms with E-state index in [1.807, 2.05) is 35.1 Å². The minimum absolute atomic E-state index is 0.754. The average Bonchev–Trinajstić information content (AvgIpc) is 3.01. The van der Waals surface area contributed by atoms with Crippen molar-refractivity contribution in [1.82, 2.24) is 19.6 Å². The highest BCUT2D eigenvalue weighted by atomic mass is 35.5. The monoisotopic (exact) mass is 344 g/mol. The summed E-state index contributed by atoms with van der Waals surface area (Å²) in [5, 5.41) is 5.24. The molecule has 1 atom stereocenters. The van der Waals surface area contributed by atoms with E-state index in [9.17, 15) is 0 Å². The lowest BCUT2D eigenvalue weighted by molar-refractivity contribution is -0.00620. The van der Waals surface area contributed by atoms with Gasteiger partial charge in [0.15, 0.2) is 0 Å². The summed E-state index contributed by atoms with van der Waals surface area (Å²) in [5.41, 5.74) is 2.32. The molecule has 4 nitrogen and oxygen atoms in total. The number of hydrogen-bond donors (Lipinski definition) is 0. The van der Waals surface area contributed by atoms with Gasteiger partial charge in [0.25, 0.3) is 0 Å². The molecule has 4 rings (SSSR count). The van der Waals surface area contributed by atoms with E-state index in [1.54, 1.807) is 0 Å². The number of benzene rings is 1. The minimum Gasteiger partial charge on any atom is -0.296 e. The molecular formula is C19H25ClN4. The number of hydrogen-bond acceptors (Lipinski definition) is 3. The van der Waals surface area contributed by atoms with Crippen LogP contribution in [-0.4, -0.2) is 51.3 Å². The molecule has 5 heteroatoms. The molecule has 1 aromatic heterocycles. The predicted molar refractivity (Wildman–Crippen MR) is 97.7 cm³/mol. The molecule has 0 N–H and O–H groups in total. The van der Waals surface area contributed by atoms with Crippen LogP contribution in [0, 0.1) is 0 Å². The summed E-state index contributed by atoms with van der Waals surface area (Å²) in [6, 6.07) is 9.31. The largest absolute Gasteiger partial charge is 0.296 e. The van der Waals surface area contributed by atoms with Crippen LogP contribution in [0.4, 0.5) is 0 Å². The lowest BCUT2D eigenvalue weighted by atomic mass is 9.97. The molecule has 2 saturated heterocycles. The Bertz CT molecular complexity index is 675. The molecule has 0 bridgehead atoms. The van der Waals surface area contributed by atoms with E-state index in [1.165, 1.54) is 44.5 Å². The predicted octanol–water partition coefficient (Wildman–Crippen LogP) is 3.58. The summed E-state index contributed by atoms with van der Waals surface area (Å²) < 4.78 is 1.93. The van der Waals surface area contributed by atoms with Crippen molar-refractivity contribution in [2.45, 2.75) is 44.8 Å². The molecule has 0 unspecified atom stereocenters. The van der Waals surface area contributed by atoms with Crippen LogP contribution in [0.2, 0.25) is 5.02 Å². The van der Waals surface area contributed by atoms with Crippen LogP contribution < -0.4 is 0 Å². The van der Waals surface area contributed by atoms with E-state index in [4.69, 9.17) is 11.6 Å². The van der Waals surface area contributed by atoms with Gasteiger partial charge in [0.2, 0.25) is 0 Å². The molecule has 0 spiro atoms. The second-order valence-electron chi connectivity index (χ2n) is 7.20. The van der Waals surface area contributed by atoms with Gasteiger partial charge in [-0.05, 0) is 50.6 Å². The molecule has 2 aliphatic heterocycles. The number of rotatable bonds is 4. The van der Waals surface area contributed by atoms with Gasteiger partial charge in [-0.1, -0.05) is 18.0 Å². The summed E-state index contributed by atoms with van der Waals surface area (Å²) in [6.07, 6.45) is 8.24. The standard InChI is InChI=1S/C19H25ClN4/c1-15-4-2-3-9-23(15)19-13-22(14-19)11-16-10-21-24(12-16)18-7-5-17(20)6-8-18/h5-8,10,12,15,19H,2-4,9,11,13-14H2,1H3/t15-/m0/s1. The third kappa shape index (κ3) is 3.37. The number of halogens is 1. The normalized spacial score (nSPS) is 23.3. The van der Waals surface area contributed by atoms with Crippen LogP contribution in [-0.2, 0) is 6.54 Å². The summed E-state index contributed by atoms with van der Waals surface area (Å²) in [4.78, 5) is 5.24. The zero-order chi connectivity index (χ0) is 16.5. The third-order valence-electron chi connectivity index (χ3n) is 5.39. The lowest BCUT2D eigenvalue weighted by Crippen LogP contribution is -2.61. The Morgan fingerprint density at radius 2 is 1.96 bits per heavy atom. The van der Waals surface area contributed by atoms with Crippen molar-refractivity contribution in [2.24, 2.45) is 0 Å². The Hall–Kier alpha value is -1.36. The fourth-order valence-corrected chi connectivity index (χ4v) is 4.11. The summed E-state index contributed by atoms with van der Waals surface area (Å²) in [7, 11) is 0. The first-order valence-corrected chi connectivity index (χ1v) is 9.34. The molecule has 128 valence electrons. The second-order valence-corrected chi connectivity index (χ2v) is 7.64. The van der Waals surface area contributed by atoms with Crippen molar-refractivity contribution in [3.8, 4) is 5.69 Å². The number of aromatic nitrogens is 2. The fraction of sp³-hybridized carbons (Fsp3) is 0.526. The maximum Gasteiger partial charge on any atom is 0.0646 e. The van der Waals surface area contributed by atoms with Crippen LogP contribution >= 0.6 is 11.6 Å². The highest BCUT2D eigenvalue weighted by Gasteiger charge is 2.34. The van der Waals surface area contributed by atoms with Gasteiger partial charge in [0.1, 0.15) is 0 Å². The zero-order valence-corrected chi connectivity index (χ0v) is 15.0. The highest BCUT2D eigenvalue weighted by Crippen LogP contribution is 2.25. The highest BCUT2D eigenvalue weighted by molar-refractivity contribution is 6.30. The number of likely N-dealkylation sites (tertiary alicyclic amines) is 2. The van der Waals surface area contributed by atoms with Gasteiger partial charge >= 0.3 is 0 Å². The molecule has 0 aliphatic carbocycles. The van der Waals surface area contributed by atoms with Crippen LogP contribution in [0.15, 0.2) is 36.7 Å². The van der Waals surface area contributed by atoms with E-state index < -0.39 is 0 Å². The Morgan fingerprint density at radius 3 is 2.71 bits per heavy atom. The van der Waals surface area contributed by atoms with E-state index in [2.05, 4.69) is 28.0 Å². The van der Waals surface area contributed by atoms with E-state index >= 15 is 0 Å². The second kappa shape index (κ2) is 6.87. The Kier molecular flexibility index (Phi) is 4.61. The molecular weight excluding hydrogens is 320 g/mol. The van der Waals surface area contributed by atoms with Gasteiger partial charge in [0.05, 0.1) is 11.9 Å². The number of piperidine rings is 1. The van der Waals surface area contributed by atoms with Crippen molar-refractivity contribution < 1.29 is 0 Å². The van der Waals surface area contributed by atoms with E-state index in [0.29, 0.717) is 0 Å². The van der Waals surface area contributed by atoms with Crippen LogP contribution in [0.1, 0.15) is 31.7 Å². The number of nitrogens with zero attached hydrogens (tertiary/aromatic N) is 4. The van der Waals surface area contributed by atoms with Gasteiger partial charge in [0, 0.05) is 48.5 Å². The van der Waals surface area contributed by atoms with Crippen molar-refractivity contribution in [1.29, 1.82) is 0 Å². The van der Waals surface area contributed by atoms with E-state index in [0.717, 1.165) is 29.3 Å². The van der Waals surface area contributed by atoms with Gasteiger partial charge in [-0.2, -0.15) is 5.10 Å². The van der Waals surface area contributed by atoms with Crippen LogP contribution in [0.5, 0.6) is 0 Å². The molecule has 1 aromatic carbocycles. The SMILES string of the molecule is C[C@H]1CCCCN1C1CN(Cc2cnn(-c3ccc(Cl)cc3)c2)C1. The summed E-state index contributed by atoms with van der Waals surface area (Å²) in [5.74, 6) is 0. The van der Waals surface area contributed by atoms with Gasteiger partial charge in [-0.25, -0.2) is 4.68 Å². The topological polar surface area (TPSA) is 24.3 Å².